The summed E-state index contributed by atoms with van der Waals surface area (Å²) in [7, 11) is 0. The van der Waals surface area contributed by atoms with E-state index in [1.54, 1.807) is 6.92 Å². The molecule has 0 aromatic carbocycles. The molecular formula is C13H17F3N2O2. The second-order valence-corrected chi connectivity index (χ2v) is 4.91. The Morgan fingerprint density at radius 2 is 2.25 bits per heavy atom. The van der Waals surface area contributed by atoms with Gasteiger partial charge in [-0.1, -0.05) is 0 Å². The van der Waals surface area contributed by atoms with E-state index in [2.05, 4.69) is 4.98 Å². The molecule has 2 heterocycles. The lowest BCUT2D eigenvalue weighted by Gasteiger charge is -2.37. The average molecular weight is 290 g/mol. The number of anilines is 1. The largest absolute Gasteiger partial charge is 0.417 e. The van der Waals surface area contributed by atoms with Crippen LogP contribution in [0.15, 0.2) is 18.3 Å². The van der Waals surface area contributed by atoms with Gasteiger partial charge in [-0.25, -0.2) is 4.98 Å². The van der Waals surface area contributed by atoms with Gasteiger partial charge in [-0.3, -0.25) is 0 Å². The first-order chi connectivity index (χ1) is 9.38. The van der Waals surface area contributed by atoms with Gasteiger partial charge in [-0.2, -0.15) is 13.2 Å². The van der Waals surface area contributed by atoms with Gasteiger partial charge in [0.2, 0.25) is 0 Å². The molecule has 2 unspecified atom stereocenters. The predicted octanol–water partition coefficient (Wildman–Crippen LogP) is 2.08. The van der Waals surface area contributed by atoms with Gasteiger partial charge in [0.05, 0.1) is 30.9 Å². The number of nitrogens with zero attached hydrogens (tertiary/aromatic N) is 2. The topological polar surface area (TPSA) is 45.6 Å². The lowest BCUT2D eigenvalue weighted by Crippen LogP contribution is -2.47. The van der Waals surface area contributed by atoms with E-state index in [9.17, 15) is 18.3 Å². The van der Waals surface area contributed by atoms with Gasteiger partial charge < -0.3 is 14.7 Å². The third-order valence-corrected chi connectivity index (χ3v) is 3.21. The minimum absolute atomic E-state index is 0.0759. The molecule has 7 heteroatoms. The monoisotopic (exact) mass is 290 g/mol. The highest BCUT2D eigenvalue weighted by Gasteiger charge is 2.31. The Bertz CT molecular complexity index is 434. The number of morpholine rings is 1. The molecule has 112 valence electrons. The molecule has 1 aliphatic heterocycles. The van der Waals surface area contributed by atoms with Crippen LogP contribution in [0.1, 0.15) is 18.9 Å². The van der Waals surface area contributed by atoms with Gasteiger partial charge in [-0.05, 0) is 25.5 Å². The molecule has 0 spiro atoms. The van der Waals surface area contributed by atoms with Crippen LogP contribution in [-0.2, 0) is 10.9 Å². The maximum absolute atomic E-state index is 12.5. The van der Waals surface area contributed by atoms with Crippen molar-refractivity contribution in [1.29, 1.82) is 0 Å². The lowest BCUT2D eigenvalue weighted by atomic mass is 10.1. The minimum Gasteiger partial charge on any atom is -0.393 e. The predicted molar refractivity (Wildman–Crippen MR) is 67.5 cm³/mol. The Morgan fingerprint density at radius 1 is 1.50 bits per heavy atom. The first-order valence-corrected chi connectivity index (χ1v) is 6.43. The minimum atomic E-state index is -4.38. The maximum atomic E-state index is 12.5. The molecule has 2 atom stereocenters. The molecular weight excluding hydrogens is 273 g/mol. The zero-order valence-corrected chi connectivity index (χ0v) is 11.1. The number of hydrogen-bond acceptors (Lipinski definition) is 4. The van der Waals surface area contributed by atoms with Crippen LogP contribution in [0.3, 0.4) is 0 Å². The smallest absolute Gasteiger partial charge is 0.393 e. The summed E-state index contributed by atoms with van der Waals surface area (Å²) in [5, 5.41) is 9.47. The Morgan fingerprint density at radius 3 is 2.80 bits per heavy atom. The van der Waals surface area contributed by atoms with Crippen LogP contribution in [0.2, 0.25) is 0 Å². The molecule has 0 aliphatic carbocycles. The van der Waals surface area contributed by atoms with Crippen molar-refractivity contribution >= 4 is 5.82 Å². The summed E-state index contributed by atoms with van der Waals surface area (Å²) in [4.78, 5) is 5.78. The molecule has 1 N–H and O–H groups in total. The van der Waals surface area contributed by atoms with E-state index >= 15 is 0 Å². The van der Waals surface area contributed by atoms with Gasteiger partial charge in [-0.15, -0.1) is 0 Å². The normalized spacial score (nSPS) is 21.9. The number of aromatic nitrogens is 1. The van der Waals surface area contributed by atoms with Crippen LogP contribution in [0, 0.1) is 0 Å². The highest BCUT2D eigenvalue weighted by atomic mass is 19.4. The zero-order chi connectivity index (χ0) is 14.8. The van der Waals surface area contributed by atoms with Crippen LogP contribution in [-0.4, -0.2) is 42.0 Å². The second kappa shape index (κ2) is 5.97. The first-order valence-electron chi connectivity index (χ1n) is 6.43. The lowest BCUT2D eigenvalue weighted by molar-refractivity contribution is -0.137. The SMILES string of the molecule is CC(O)CC1COCCN1c1ccc(C(F)(F)F)cn1. The van der Waals surface area contributed by atoms with E-state index in [1.165, 1.54) is 6.07 Å². The summed E-state index contributed by atoms with van der Waals surface area (Å²) in [5.41, 5.74) is -0.762. The van der Waals surface area contributed by atoms with E-state index in [0.29, 0.717) is 32.0 Å². The maximum Gasteiger partial charge on any atom is 0.417 e. The van der Waals surface area contributed by atoms with E-state index < -0.39 is 17.8 Å². The van der Waals surface area contributed by atoms with Crippen LogP contribution < -0.4 is 4.90 Å². The molecule has 0 amide bonds. The van der Waals surface area contributed by atoms with E-state index in [-0.39, 0.29) is 6.04 Å². The van der Waals surface area contributed by atoms with Gasteiger partial charge in [0.15, 0.2) is 0 Å². The molecule has 0 radical (unpaired) electrons. The third-order valence-electron chi connectivity index (χ3n) is 3.21. The number of halogens is 3. The van der Waals surface area contributed by atoms with Crippen molar-refractivity contribution in [2.24, 2.45) is 0 Å². The van der Waals surface area contributed by atoms with Gasteiger partial charge in [0, 0.05) is 12.7 Å². The number of rotatable bonds is 3. The van der Waals surface area contributed by atoms with Gasteiger partial charge in [0.1, 0.15) is 5.82 Å². The van der Waals surface area contributed by atoms with Crippen molar-refractivity contribution < 1.29 is 23.0 Å². The molecule has 1 fully saturated rings. The fraction of sp³-hybridized carbons (Fsp3) is 0.615. The molecule has 1 aliphatic rings. The van der Waals surface area contributed by atoms with Crippen molar-refractivity contribution in [3.05, 3.63) is 23.9 Å². The van der Waals surface area contributed by atoms with Crippen LogP contribution in [0.25, 0.3) is 0 Å². The summed E-state index contributed by atoms with van der Waals surface area (Å²) < 4.78 is 42.9. The molecule has 1 aromatic rings. The van der Waals surface area contributed by atoms with Gasteiger partial charge >= 0.3 is 6.18 Å². The summed E-state index contributed by atoms with van der Waals surface area (Å²) in [5.74, 6) is 0.479. The van der Waals surface area contributed by atoms with Crippen molar-refractivity contribution in [3.63, 3.8) is 0 Å². The summed E-state index contributed by atoms with van der Waals surface area (Å²) >= 11 is 0. The standard InChI is InChI=1S/C13H17F3N2O2/c1-9(19)6-11-8-20-5-4-18(11)12-3-2-10(7-17-12)13(14,15)16/h2-3,7,9,11,19H,4-6,8H2,1H3. The molecule has 0 saturated carbocycles. The molecule has 2 rings (SSSR count). The van der Waals surface area contributed by atoms with E-state index in [4.69, 9.17) is 4.74 Å². The number of ether oxygens (including phenoxy) is 1. The molecule has 1 saturated heterocycles. The third kappa shape index (κ3) is 3.61. The Kier molecular flexibility index (Phi) is 4.49. The molecule has 0 bridgehead atoms. The molecule has 4 nitrogen and oxygen atoms in total. The van der Waals surface area contributed by atoms with Gasteiger partial charge in [0.25, 0.3) is 0 Å². The Labute approximate surface area is 115 Å². The van der Waals surface area contributed by atoms with Crippen molar-refractivity contribution in [1.82, 2.24) is 4.98 Å². The van der Waals surface area contributed by atoms with E-state index in [1.807, 2.05) is 4.90 Å². The summed E-state index contributed by atoms with van der Waals surface area (Å²) in [6, 6.07) is 2.31. The summed E-state index contributed by atoms with van der Waals surface area (Å²) in [6.07, 6.45) is -3.55. The Balaban J connectivity index is 2.15. The number of alkyl halides is 3. The number of pyridine rings is 1. The van der Waals surface area contributed by atoms with Crippen molar-refractivity contribution in [3.8, 4) is 0 Å². The first kappa shape index (κ1) is 15.1. The Hall–Kier alpha value is -1.34. The molecule has 1 aromatic heterocycles. The van der Waals surface area contributed by atoms with Crippen molar-refractivity contribution in [2.45, 2.75) is 31.7 Å². The quantitative estimate of drug-likeness (QED) is 0.925. The fourth-order valence-electron chi connectivity index (χ4n) is 2.27. The highest BCUT2D eigenvalue weighted by Crippen LogP contribution is 2.30. The van der Waals surface area contributed by atoms with Crippen molar-refractivity contribution in [2.75, 3.05) is 24.7 Å². The molecule has 20 heavy (non-hydrogen) atoms. The fourth-order valence-corrected chi connectivity index (χ4v) is 2.27. The number of aliphatic hydroxyl groups excluding tert-OH is 1. The second-order valence-electron chi connectivity index (χ2n) is 4.91. The highest BCUT2D eigenvalue weighted by molar-refractivity contribution is 5.41. The average Bonchev–Trinajstić information content (AvgIpc) is 2.38. The van der Waals surface area contributed by atoms with E-state index in [0.717, 1.165) is 12.3 Å². The zero-order valence-electron chi connectivity index (χ0n) is 11.1. The van der Waals surface area contributed by atoms with Crippen LogP contribution in [0.4, 0.5) is 19.0 Å². The number of aliphatic hydroxyl groups is 1. The van der Waals surface area contributed by atoms with Crippen LogP contribution in [0.5, 0.6) is 0 Å². The summed E-state index contributed by atoms with van der Waals surface area (Å²) in [6.45, 7) is 3.16. The van der Waals surface area contributed by atoms with Crippen LogP contribution >= 0.6 is 0 Å². The number of hydrogen-bond donors (Lipinski definition) is 1.